The van der Waals surface area contributed by atoms with Gasteiger partial charge in [-0.1, -0.05) is 6.42 Å². The quantitative estimate of drug-likeness (QED) is 0.694. The van der Waals surface area contributed by atoms with E-state index in [0.29, 0.717) is 13.0 Å². The van der Waals surface area contributed by atoms with Crippen molar-refractivity contribution in [2.24, 2.45) is 5.41 Å². The highest BCUT2D eigenvalue weighted by Crippen LogP contribution is 2.43. The Balaban J connectivity index is 1.86. The first kappa shape index (κ1) is 16.1. The van der Waals surface area contributed by atoms with E-state index in [1.54, 1.807) is 0 Å². The molecule has 1 heterocycles. The third-order valence-electron chi connectivity index (χ3n) is 4.91. The second kappa shape index (κ2) is 7.11. The molecule has 1 aliphatic heterocycles. The van der Waals surface area contributed by atoms with Crippen LogP contribution in [0.15, 0.2) is 0 Å². The van der Waals surface area contributed by atoms with Crippen LogP contribution < -0.4 is 5.32 Å². The van der Waals surface area contributed by atoms with E-state index < -0.39 is 5.97 Å². The molecule has 1 saturated heterocycles. The average Bonchev–Trinajstić information content (AvgIpc) is 2.42. The molecule has 1 saturated carbocycles. The van der Waals surface area contributed by atoms with Gasteiger partial charge in [0.2, 0.25) is 0 Å². The van der Waals surface area contributed by atoms with E-state index in [0.717, 1.165) is 45.1 Å². The highest BCUT2D eigenvalue weighted by atomic mass is 16.4. The molecule has 120 valence electrons. The monoisotopic (exact) mass is 298 g/mol. The standard InChI is InChI=1S/C15H26N2O4/c18-9-5-12-4-1-2-8-17(12)14(21)16-11-15(6-3-7-15)10-13(19)20/h12,18H,1-11H2,(H,16,21)(H,19,20). The Morgan fingerprint density at radius 1 is 1.24 bits per heavy atom. The SMILES string of the molecule is O=C(O)CC1(CNC(=O)N2CCCCC2CCO)CCC1. The number of rotatable bonds is 6. The molecule has 0 aromatic rings. The Labute approximate surface area is 125 Å². The highest BCUT2D eigenvalue weighted by molar-refractivity contribution is 5.75. The predicted octanol–water partition coefficient (Wildman–Crippen LogP) is 1.58. The number of hydrogen-bond donors (Lipinski definition) is 3. The Morgan fingerprint density at radius 3 is 2.57 bits per heavy atom. The maximum Gasteiger partial charge on any atom is 0.317 e. The van der Waals surface area contributed by atoms with Gasteiger partial charge in [-0.15, -0.1) is 0 Å². The van der Waals surface area contributed by atoms with Crippen LogP contribution >= 0.6 is 0 Å². The Kier molecular flexibility index (Phi) is 5.45. The number of nitrogens with zero attached hydrogens (tertiary/aromatic N) is 1. The topological polar surface area (TPSA) is 89.9 Å². The van der Waals surface area contributed by atoms with E-state index in [-0.39, 0.29) is 30.5 Å². The zero-order valence-electron chi connectivity index (χ0n) is 12.5. The van der Waals surface area contributed by atoms with E-state index in [1.165, 1.54) is 0 Å². The number of hydrogen-bond acceptors (Lipinski definition) is 3. The van der Waals surface area contributed by atoms with Gasteiger partial charge in [-0.2, -0.15) is 0 Å². The number of nitrogens with one attached hydrogen (secondary N) is 1. The molecule has 1 aliphatic carbocycles. The number of urea groups is 1. The molecular weight excluding hydrogens is 272 g/mol. The maximum absolute atomic E-state index is 12.3. The van der Waals surface area contributed by atoms with Crippen LogP contribution in [0.4, 0.5) is 4.79 Å². The first-order valence-electron chi connectivity index (χ1n) is 7.93. The fourth-order valence-corrected chi connectivity index (χ4v) is 3.50. The van der Waals surface area contributed by atoms with Crippen LogP contribution in [0.5, 0.6) is 0 Å². The fraction of sp³-hybridized carbons (Fsp3) is 0.867. The maximum atomic E-state index is 12.3. The smallest absolute Gasteiger partial charge is 0.317 e. The van der Waals surface area contributed by atoms with E-state index in [4.69, 9.17) is 10.2 Å². The Bertz CT molecular complexity index is 380. The first-order chi connectivity index (χ1) is 10.1. The summed E-state index contributed by atoms with van der Waals surface area (Å²) in [6, 6.07) is 0.00498. The summed E-state index contributed by atoms with van der Waals surface area (Å²) >= 11 is 0. The fourth-order valence-electron chi connectivity index (χ4n) is 3.50. The van der Waals surface area contributed by atoms with Gasteiger partial charge in [0.15, 0.2) is 0 Å². The van der Waals surface area contributed by atoms with Crippen LogP contribution in [0.2, 0.25) is 0 Å². The van der Waals surface area contributed by atoms with Gasteiger partial charge < -0.3 is 20.4 Å². The van der Waals surface area contributed by atoms with Crippen molar-refractivity contribution in [3.8, 4) is 0 Å². The number of carbonyl (C=O) groups excluding carboxylic acids is 1. The molecule has 1 atom stereocenters. The summed E-state index contributed by atoms with van der Waals surface area (Å²) in [5.41, 5.74) is -0.246. The van der Waals surface area contributed by atoms with Crippen LogP contribution in [-0.4, -0.2) is 52.9 Å². The van der Waals surface area contributed by atoms with Crippen LogP contribution in [0.3, 0.4) is 0 Å². The van der Waals surface area contributed by atoms with E-state index in [9.17, 15) is 9.59 Å². The molecule has 0 bridgehead atoms. The van der Waals surface area contributed by atoms with Gasteiger partial charge in [0.25, 0.3) is 0 Å². The number of amides is 2. The lowest BCUT2D eigenvalue weighted by molar-refractivity contribution is -0.141. The molecule has 2 fully saturated rings. The van der Waals surface area contributed by atoms with Crippen LogP contribution in [-0.2, 0) is 4.79 Å². The Morgan fingerprint density at radius 2 is 2.00 bits per heavy atom. The molecule has 0 aromatic carbocycles. The lowest BCUT2D eigenvalue weighted by Gasteiger charge is -2.42. The lowest BCUT2D eigenvalue weighted by Crippen LogP contribution is -2.52. The number of carboxylic acids is 1. The summed E-state index contributed by atoms with van der Waals surface area (Å²) in [7, 11) is 0. The first-order valence-corrected chi connectivity index (χ1v) is 7.93. The van der Waals surface area contributed by atoms with Gasteiger partial charge in [0, 0.05) is 25.7 Å². The zero-order chi connectivity index (χ0) is 15.3. The molecule has 6 nitrogen and oxygen atoms in total. The van der Waals surface area contributed by atoms with Crippen LogP contribution in [0.25, 0.3) is 0 Å². The summed E-state index contributed by atoms with van der Waals surface area (Å²) in [5, 5.41) is 21.0. The van der Waals surface area contributed by atoms with Gasteiger partial charge in [0.05, 0.1) is 6.42 Å². The largest absolute Gasteiger partial charge is 0.481 e. The third-order valence-corrected chi connectivity index (χ3v) is 4.91. The summed E-state index contributed by atoms with van der Waals surface area (Å²) in [6.07, 6.45) is 6.57. The van der Waals surface area contributed by atoms with Gasteiger partial charge in [-0.05, 0) is 43.9 Å². The molecule has 3 N–H and O–H groups in total. The summed E-state index contributed by atoms with van der Waals surface area (Å²) in [4.78, 5) is 25.1. The van der Waals surface area contributed by atoms with E-state index >= 15 is 0 Å². The minimum absolute atomic E-state index is 0.0946. The van der Waals surface area contributed by atoms with E-state index in [1.807, 2.05) is 4.90 Å². The molecule has 2 aliphatic rings. The minimum Gasteiger partial charge on any atom is -0.481 e. The average molecular weight is 298 g/mol. The molecule has 0 aromatic heterocycles. The second-order valence-electron chi connectivity index (χ2n) is 6.44. The molecular formula is C15H26N2O4. The lowest BCUT2D eigenvalue weighted by atomic mass is 9.66. The summed E-state index contributed by atoms with van der Waals surface area (Å²) in [6.45, 7) is 1.26. The molecule has 1 unspecified atom stereocenters. The van der Waals surface area contributed by atoms with Crippen molar-refractivity contribution in [3.63, 3.8) is 0 Å². The van der Waals surface area contributed by atoms with Gasteiger partial charge >= 0.3 is 12.0 Å². The number of piperidine rings is 1. The summed E-state index contributed by atoms with van der Waals surface area (Å²) < 4.78 is 0. The van der Waals surface area contributed by atoms with Crippen molar-refractivity contribution < 1.29 is 19.8 Å². The normalized spacial score (nSPS) is 24.2. The molecule has 21 heavy (non-hydrogen) atoms. The predicted molar refractivity (Wildman–Crippen MR) is 78.0 cm³/mol. The van der Waals surface area contributed by atoms with Gasteiger partial charge in [-0.3, -0.25) is 4.79 Å². The molecule has 2 amide bonds. The second-order valence-corrected chi connectivity index (χ2v) is 6.44. The molecule has 2 rings (SSSR count). The number of carbonyl (C=O) groups is 2. The molecule has 0 spiro atoms. The molecule has 6 heteroatoms. The van der Waals surface area contributed by atoms with Gasteiger partial charge in [0.1, 0.15) is 0 Å². The van der Waals surface area contributed by atoms with Gasteiger partial charge in [-0.25, -0.2) is 4.79 Å². The Hall–Kier alpha value is -1.30. The number of aliphatic hydroxyl groups is 1. The van der Waals surface area contributed by atoms with E-state index in [2.05, 4.69) is 5.32 Å². The van der Waals surface area contributed by atoms with Crippen molar-refractivity contribution in [2.45, 2.75) is 57.4 Å². The number of aliphatic hydroxyl groups excluding tert-OH is 1. The number of likely N-dealkylation sites (tertiary alicyclic amines) is 1. The number of aliphatic carboxylic acids is 1. The zero-order valence-corrected chi connectivity index (χ0v) is 12.5. The summed E-state index contributed by atoms with van der Waals surface area (Å²) in [5.74, 6) is -0.792. The third kappa shape index (κ3) is 4.09. The van der Waals surface area contributed by atoms with Crippen molar-refractivity contribution in [1.82, 2.24) is 10.2 Å². The van der Waals surface area contributed by atoms with Crippen molar-refractivity contribution >= 4 is 12.0 Å². The van der Waals surface area contributed by atoms with Crippen molar-refractivity contribution in [3.05, 3.63) is 0 Å². The van der Waals surface area contributed by atoms with Crippen molar-refractivity contribution in [1.29, 1.82) is 0 Å². The van der Waals surface area contributed by atoms with Crippen LogP contribution in [0.1, 0.15) is 51.4 Å². The number of carboxylic acid groups (broad SMARTS) is 1. The van der Waals surface area contributed by atoms with Crippen molar-refractivity contribution in [2.75, 3.05) is 19.7 Å². The highest BCUT2D eigenvalue weighted by Gasteiger charge is 2.39. The molecule has 0 radical (unpaired) electrons. The van der Waals surface area contributed by atoms with Crippen LogP contribution in [0, 0.1) is 5.41 Å². The minimum atomic E-state index is -0.792.